The monoisotopic (exact) mass is 408 g/mol. The molecule has 2 atom stereocenters. The summed E-state index contributed by atoms with van der Waals surface area (Å²) in [5.74, 6) is 0.682. The van der Waals surface area contributed by atoms with Crippen molar-refractivity contribution in [3.05, 3.63) is 29.8 Å². The number of benzene rings is 1. The van der Waals surface area contributed by atoms with Crippen LogP contribution in [0.2, 0.25) is 0 Å². The first-order chi connectivity index (χ1) is 13.3. The Labute approximate surface area is 167 Å². The van der Waals surface area contributed by atoms with E-state index in [1.54, 1.807) is 4.90 Å². The van der Waals surface area contributed by atoms with Crippen molar-refractivity contribution >= 4 is 21.7 Å². The highest BCUT2D eigenvalue weighted by atomic mass is 32.2. The largest absolute Gasteiger partial charge is 0.335 e. The maximum Gasteiger partial charge on any atom is 0.277 e. The van der Waals surface area contributed by atoms with Crippen LogP contribution in [0, 0.1) is 5.92 Å². The molecule has 3 rings (SSSR count). The standard InChI is InChI=1S/C20H29N3O4S/c1-16-4-3-9-21(14-16)15-20(25)22-10-12-23(13-11-22)28(26,27)19-7-5-18(6-8-19)17(2)24/h5-8,16H,3-4,9-15H2,1-2H3/p+1/t16-/m0/s1. The van der Waals surface area contributed by atoms with Crippen molar-refractivity contribution in [1.29, 1.82) is 0 Å². The van der Waals surface area contributed by atoms with E-state index in [9.17, 15) is 18.0 Å². The van der Waals surface area contributed by atoms with Gasteiger partial charge in [-0.3, -0.25) is 9.59 Å². The van der Waals surface area contributed by atoms with E-state index in [1.165, 1.54) is 46.8 Å². The van der Waals surface area contributed by atoms with Gasteiger partial charge in [0.1, 0.15) is 0 Å². The average molecular weight is 409 g/mol. The van der Waals surface area contributed by atoms with Crippen LogP contribution in [0.25, 0.3) is 0 Å². The minimum atomic E-state index is -3.61. The molecule has 0 aliphatic carbocycles. The maximum absolute atomic E-state index is 12.8. The van der Waals surface area contributed by atoms with Gasteiger partial charge in [-0.1, -0.05) is 19.1 Å². The zero-order valence-corrected chi connectivity index (χ0v) is 17.5. The molecule has 2 aliphatic heterocycles. The van der Waals surface area contributed by atoms with E-state index in [0.717, 1.165) is 19.5 Å². The van der Waals surface area contributed by atoms with Gasteiger partial charge in [-0.15, -0.1) is 0 Å². The van der Waals surface area contributed by atoms with Crippen LogP contribution in [0.5, 0.6) is 0 Å². The number of carbonyl (C=O) groups is 2. The van der Waals surface area contributed by atoms with Gasteiger partial charge < -0.3 is 9.80 Å². The van der Waals surface area contributed by atoms with Crippen LogP contribution in [0.15, 0.2) is 29.2 Å². The van der Waals surface area contributed by atoms with Crippen molar-refractivity contribution in [3.63, 3.8) is 0 Å². The highest BCUT2D eigenvalue weighted by molar-refractivity contribution is 7.89. The Morgan fingerprint density at radius 2 is 1.75 bits per heavy atom. The molecule has 1 amide bonds. The molecule has 1 aromatic carbocycles. The molecule has 0 radical (unpaired) electrons. The lowest BCUT2D eigenvalue weighted by molar-refractivity contribution is -0.900. The quantitative estimate of drug-likeness (QED) is 0.698. The summed E-state index contributed by atoms with van der Waals surface area (Å²) in [5.41, 5.74) is 0.490. The SMILES string of the molecule is CC(=O)c1ccc(S(=O)(=O)N2CCN(C(=O)C[NH+]3CCC[C@H](C)C3)CC2)cc1. The normalized spacial score (nSPS) is 24.1. The molecule has 28 heavy (non-hydrogen) atoms. The lowest BCUT2D eigenvalue weighted by Gasteiger charge is -2.35. The van der Waals surface area contributed by atoms with Gasteiger partial charge >= 0.3 is 0 Å². The number of hydrogen-bond acceptors (Lipinski definition) is 4. The van der Waals surface area contributed by atoms with Crippen LogP contribution < -0.4 is 4.90 Å². The third-order valence-corrected chi connectivity index (χ3v) is 7.67. The molecule has 2 fully saturated rings. The van der Waals surface area contributed by atoms with Gasteiger partial charge in [0.05, 0.1) is 18.0 Å². The number of hydrogen-bond donors (Lipinski definition) is 1. The summed E-state index contributed by atoms with van der Waals surface area (Å²) in [7, 11) is -3.61. The van der Waals surface area contributed by atoms with Crippen LogP contribution in [0.4, 0.5) is 0 Å². The van der Waals surface area contributed by atoms with Crippen molar-refractivity contribution in [1.82, 2.24) is 9.21 Å². The highest BCUT2D eigenvalue weighted by Gasteiger charge is 2.32. The molecule has 154 valence electrons. The van der Waals surface area contributed by atoms with Gasteiger partial charge in [0.2, 0.25) is 10.0 Å². The van der Waals surface area contributed by atoms with Crippen molar-refractivity contribution < 1.29 is 22.9 Å². The fourth-order valence-electron chi connectivity index (χ4n) is 4.07. The molecule has 0 saturated carbocycles. The minimum Gasteiger partial charge on any atom is -0.335 e. The summed E-state index contributed by atoms with van der Waals surface area (Å²) in [5, 5.41) is 0. The molecule has 2 aliphatic rings. The molecule has 2 saturated heterocycles. The van der Waals surface area contributed by atoms with Crippen molar-refractivity contribution in [2.75, 3.05) is 45.8 Å². The zero-order valence-electron chi connectivity index (χ0n) is 16.7. The first-order valence-corrected chi connectivity index (χ1v) is 11.4. The summed E-state index contributed by atoms with van der Waals surface area (Å²) in [6.07, 6.45) is 2.40. The van der Waals surface area contributed by atoms with E-state index in [1.807, 2.05) is 0 Å². The fraction of sp³-hybridized carbons (Fsp3) is 0.600. The van der Waals surface area contributed by atoms with Crippen molar-refractivity contribution in [2.24, 2.45) is 5.92 Å². The second-order valence-corrected chi connectivity index (χ2v) is 9.93. The van der Waals surface area contributed by atoms with E-state index in [0.29, 0.717) is 44.2 Å². The second-order valence-electron chi connectivity index (χ2n) is 7.99. The van der Waals surface area contributed by atoms with Gasteiger partial charge in [-0.25, -0.2) is 8.42 Å². The Morgan fingerprint density at radius 3 is 2.32 bits per heavy atom. The minimum absolute atomic E-state index is 0.0960. The van der Waals surface area contributed by atoms with E-state index in [2.05, 4.69) is 6.92 Å². The number of quaternary nitrogens is 1. The molecule has 2 heterocycles. The predicted octanol–water partition coefficient (Wildman–Crippen LogP) is 0.0369. The summed E-state index contributed by atoms with van der Waals surface area (Å²) in [6.45, 7) is 7.71. The number of piperazine rings is 1. The summed E-state index contributed by atoms with van der Waals surface area (Å²) in [4.78, 5) is 27.3. The second kappa shape index (κ2) is 8.71. The lowest BCUT2D eigenvalue weighted by atomic mass is 10.0. The van der Waals surface area contributed by atoms with Gasteiger partial charge in [0.25, 0.3) is 5.91 Å². The number of amides is 1. The van der Waals surface area contributed by atoms with E-state index >= 15 is 0 Å². The smallest absolute Gasteiger partial charge is 0.277 e. The Balaban J connectivity index is 1.56. The van der Waals surface area contributed by atoms with Crippen LogP contribution >= 0.6 is 0 Å². The molecule has 1 N–H and O–H groups in total. The van der Waals surface area contributed by atoms with Gasteiger partial charge in [-0.2, -0.15) is 4.31 Å². The van der Waals surface area contributed by atoms with Crippen LogP contribution in [0.1, 0.15) is 37.0 Å². The molecule has 8 heteroatoms. The maximum atomic E-state index is 12.8. The topological polar surface area (TPSA) is 79.2 Å². The van der Waals surface area contributed by atoms with E-state index < -0.39 is 10.0 Å². The predicted molar refractivity (Wildman–Crippen MR) is 106 cm³/mol. The summed E-state index contributed by atoms with van der Waals surface area (Å²) in [6, 6.07) is 6.03. The number of ketones is 1. The molecule has 0 bridgehead atoms. The Bertz CT molecular complexity index is 814. The number of likely N-dealkylation sites (tertiary alicyclic amines) is 1. The Hall–Kier alpha value is -1.77. The molecule has 0 spiro atoms. The molecular formula is C20H30N3O4S+. The van der Waals surface area contributed by atoms with Crippen molar-refractivity contribution in [3.8, 4) is 0 Å². The average Bonchev–Trinajstić information content (AvgIpc) is 2.68. The van der Waals surface area contributed by atoms with Crippen molar-refractivity contribution in [2.45, 2.75) is 31.6 Å². The molecule has 0 aromatic heterocycles. The number of Topliss-reactive ketones (excluding diaryl/α,β-unsaturated/α-hetero) is 1. The fourth-order valence-corrected chi connectivity index (χ4v) is 5.49. The molecular weight excluding hydrogens is 378 g/mol. The lowest BCUT2D eigenvalue weighted by Crippen LogP contribution is -3.14. The molecule has 7 nitrogen and oxygen atoms in total. The Morgan fingerprint density at radius 1 is 1.11 bits per heavy atom. The number of nitrogens with zero attached hydrogens (tertiary/aromatic N) is 2. The first-order valence-electron chi connectivity index (χ1n) is 10.00. The number of carbonyl (C=O) groups excluding carboxylic acids is 2. The summed E-state index contributed by atoms with van der Waals surface area (Å²) < 4.78 is 27.1. The number of rotatable bonds is 5. The molecule has 1 aromatic rings. The first kappa shape index (κ1) is 21.0. The van der Waals surface area contributed by atoms with Gasteiger partial charge in [0, 0.05) is 37.7 Å². The van der Waals surface area contributed by atoms with Crippen LogP contribution in [-0.4, -0.2) is 75.1 Å². The third-order valence-electron chi connectivity index (χ3n) is 5.76. The number of sulfonamides is 1. The van der Waals surface area contributed by atoms with E-state index in [-0.39, 0.29) is 16.6 Å². The van der Waals surface area contributed by atoms with Gasteiger partial charge in [0.15, 0.2) is 12.3 Å². The summed E-state index contributed by atoms with van der Waals surface area (Å²) >= 11 is 0. The number of nitrogens with one attached hydrogen (secondary N) is 1. The molecule has 1 unspecified atom stereocenters. The zero-order chi connectivity index (χ0) is 20.3. The highest BCUT2D eigenvalue weighted by Crippen LogP contribution is 2.18. The number of piperidine rings is 1. The van der Waals surface area contributed by atoms with Crippen LogP contribution in [-0.2, 0) is 14.8 Å². The van der Waals surface area contributed by atoms with Gasteiger partial charge in [-0.05, 0) is 31.9 Å². The van der Waals surface area contributed by atoms with E-state index in [4.69, 9.17) is 0 Å². The van der Waals surface area contributed by atoms with Crippen LogP contribution in [0.3, 0.4) is 0 Å². The third kappa shape index (κ3) is 4.79. The Kier molecular flexibility index (Phi) is 6.52.